The number of hydrogen-bond acceptors (Lipinski definition) is 8. The van der Waals surface area contributed by atoms with Crippen LogP contribution in [0.5, 0.6) is 0 Å². The molecule has 0 unspecified atom stereocenters. The molecule has 0 aliphatic heterocycles. The number of nitrogens with zero attached hydrogens (tertiary/aromatic N) is 6. The summed E-state index contributed by atoms with van der Waals surface area (Å²) in [6.45, 7) is 0. The van der Waals surface area contributed by atoms with E-state index in [2.05, 4.69) is 127 Å². The number of rotatable bonds is 10. The molecule has 0 bridgehead atoms. The van der Waals surface area contributed by atoms with Gasteiger partial charge in [0.05, 0.1) is 0 Å². The fourth-order valence-corrected chi connectivity index (χ4v) is 10.8. The average Bonchev–Trinajstić information content (AvgIpc) is 3.56. The van der Waals surface area contributed by atoms with Gasteiger partial charge in [0.25, 0.3) is 0 Å². The van der Waals surface area contributed by atoms with Crippen molar-refractivity contribution in [2.75, 3.05) is 0 Å². The summed E-state index contributed by atoms with van der Waals surface area (Å²) >= 11 is 25.2. The molecule has 0 spiro atoms. The molecule has 0 fully saturated rings. The van der Waals surface area contributed by atoms with Crippen LogP contribution in [-0.2, 0) is 0 Å². The van der Waals surface area contributed by atoms with Gasteiger partial charge in [0.15, 0.2) is 29.1 Å². The van der Waals surface area contributed by atoms with Gasteiger partial charge in [-0.25, -0.2) is 19.9 Å². The first-order valence-electron chi connectivity index (χ1n) is 25.1. The fraction of sp³-hybridized carbons (Fsp3) is 0. The first-order valence-corrected chi connectivity index (χ1v) is 27.8. The minimum Gasteiger partial charge on any atom is -0.423 e. The Morgan fingerprint density at radius 2 is 0.550 bits per heavy atom. The quantitative estimate of drug-likeness (QED) is 0.130. The van der Waals surface area contributed by atoms with Crippen LogP contribution in [0.1, 0.15) is 0 Å². The van der Waals surface area contributed by atoms with Crippen LogP contribution in [0.2, 0.25) is 15.3 Å². The molecular weight excluding hydrogens is 1190 g/mol. The molecular formula is C66H44BBr2Cl3N6O2. The van der Waals surface area contributed by atoms with Gasteiger partial charge in [0, 0.05) is 46.8 Å². The van der Waals surface area contributed by atoms with Crippen LogP contribution in [0.25, 0.3) is 101 Å². The van der Waals surface area contributed by atoms with Gasteiger partial charge in [-0.15, -0.1) is 0 Å². The van der Waals surface area contributed by atoms with E-state index in [1.165, 1.54) is 6.07 Å². The maximum Gasteiger partial charge on any atom is 0.488 e. The van der Waals surface area contributed by atoms with Crippen LogP contribution < -0.4 is 5.46 Å². The molecule has 0 saturated carbocycles. The van der Waals surface area contributed by atoms with Gasteiger partial charge < -0.3 is 10.0 Å². The first kappa shape index (κ1) is 55.4. The molecule has 10 aromatic carbocycles. The first-order chi connectivity index (χ1) is 39.0. The van der Waals surface area contributed by atoms with Crippen molar-refractivity contribution >= 4 is 79.2 Å². The van der Waals surface area contributed by atoms with Crippen LogP contribution in [-0.4, -0.2) is 47.1 Å². The van der Waals surface area contributed by atoms with E-state index in [4.69, 9.17) is 64.8 Å². The highest BCUT2D eigenvalue weighted by Crippen LogP contribution is 2.38. The monoisotopic (exact) mass is 1230 g/mol. The van der Waals surface area contributed by atoms with Crippen molar-refractivity contribution in [3.63, 3.8) is 0 Å². The van der Waals surface area contributed by atoms with E-state index < -0.39 is 7.12 Å². The van der Waals surface area contributed by atoms with Crippen LogP contribution >= 0.6 is 66.7 Å². The largest absolute Gasteiger partial charge is 0.488 e. The Labute approximate surface area is 496 Å². The Bertz CT molecular complexity index is 3830. The van der Waals surface area contributed by atoms with Crippen molar-refractivity contribution in [2.45, 2.75) is 0 Å². The third-order valence-electron chi connectivity index (χ3n) is 12.6. The highest BCUT2D eigenvalue weighted by Gasteiger charge is 2.20. The number of hydrogen-bond donors (Lipinski definition) is 2. The Balaban J connectivity index is 0.000000154. The van der Waals surface area contributed by atoms with Crippen molar-refractivity contribution in [2.24, 2.45) is 0 Å². The summed E-state index contributed by atoms with van der Waals surface area (Å²) in [6, 6.07) is 84.0. The van der Waals surface area contributed by atoms with Gasteiger partial charge in [-0.05, 0) is 98.0 Å². The molecule has 2 aromatic heterocycles. The summed E-state index contributed by atoms with van der Waals surface area (Å²) in [5.41, 5.74) is 13.5. The number of benzene rings is 10. The Kier molecular flexibility index (Phi) is 18.2. The van der Waals surface area contributed by atoms with Crippen molar-refractivity contribution in [3.05, 3.63) is 279 Å². The molecule has 14 heteroatoms. The minimum atomic E-state index is -1.47. The zero-order chi connectivity index (χ0) is 55.4. The molecule has 8 nitrogen and oxygen atoms in total. The molecule has 2 N–H and O–H groups in total. The topological polar surface area (TPSA) is 118 Å². The lowest BCUT2D eigenvalue weighted by atomic mass is 9.80. The second-order valence-corrected chi connectivity index (χ2v) is 21.0. The minimum absolute atomic E-state index is 0.172. The summed E-state index contributed by atoms with van der Waals surface area (Å²) in [5.74, 6) is 2.86. The predicted octanol–water partition coefficient (Wildman–Crippen LogP) is 17.6. The van der Waals surface area contributed by atoms with Gasteiger partial charge in [0.2, 0.25) is 5.28 Å². The third kappa shape index (κ3) is 13.7. The molecule has 12 rings (SSSR count). The molecule has 388 valence electrons. The van der Waals surface area contributed by atoms with Gasteiger partial charge in [-0.3, -0.25) is 0 Å². The maximum absolute atomic E-state index is 8.75. The fourth-order valence-electron chi connectivity index (χ4n) is 8.93. The van der Waals surface area contributed by atoms with Crippen molar-refractivity contribution in [3.8, 4) is 101 Å². The molecule has 0 saturated heterocycles. The lowest BCUT2D eigenvalue weighted by Crippen LogP contribution is -2.29. The summed E-state index contributed by atoms with van der Waals surface area (Å²) in [5, 5.41) is 18.7. The Morgan fingerprint density at radius 1 is 0.275 bits per heavy atom. The second-order valence-electron chi connectivity index (χ2n) is 17.9. The van der Waals surface area contributed by atoms with Crippen LogP contribution in [0.4, 0.5) is 0 Å². The standard InChI is InChI=1S/C33H21BrClN3.C27H18ClN3.C6H5BBrClO2/c34-25-19-24(20-26(35)21-25)31-36-32(29-17-9-7-15-27(29)22-11-3-1-4-12-22)38-33(37-31)30-18-10-8-16-28(30)23-13-5-2-6-14-23;28-27-30-25(23-17-9-7-15-21(23)19-11-3-1-4-12-19)29-26(31-27)24-18-10-8-16-22(24)20-13-5-2-6-14-20;8-5-1-4(7(10)11)2-6(9)3-5/h1-21H;1-18H;1-3,10-11H. The predicted molar refractivity (Wildman–Crippen MR) is 335 cm³/mol. The SMILES string of the molecule is Clc1cc(Br)cc(-c2nc(-c3ccccc3-c3ccccc3)nc(-c3ccccc3-c3ccccc3)n2)c1.Clc1nc(-c2ccccc2-c2ccccc2)nc(-c2ccccc2-c2ccccc2)n1.OB(O)c1cc(Cl)cc(Br)c1. The lowest BCUT2D eigenvalue weighted by Gasteiger charge is -2.14. The van der Waals surface area contributed by atoms with E-state index in [0.29, 0.717) is 44.6 Å². The van der Waals surface area contributed by atoms with E-state index in [0.717, 1.165) is 81.3 Å². The van der Waals surface area contributed by atoms with Crippen molar-refractivity contribution in [1.29, 1.82) is 0 Å². The van der Waals surface area contributed by atoms with Crippen LogP contribution in [0.15, 0.2) is 264 Å². The summed E-state index contributed by atoms with van der Waals surface area (Å²) in [7, 11) is -1.47. The van der Waals surface area contributed by atoms with E-state index >= 15 is 0 Å². The molecule has 12 aromatic rings. The summed E-state index contributed by atoms with van der Waals surface area (Å²) < 4.78 is 1.59. The van der Waals surface area contributed by atoms with E-state index in [-0.39, 0.29) is 5.28 Å². The summed E-state index contributed by atoms with van der Waals surface area (Å²) in [4.78, 5) is 28.7. The Morgan fingerprint density at radius 3 is 0.863 bits per heavy atom. The highest BCUT2D eigenvalue weighted by atomic mass is 79.9. The highest BCUT2D eigenvalue weighted by molar-refractivity contribution is 9.10. The van der Waals surface area contributed by atoms with Crippen LogP contribution in [0, 0.1) is 0 Å². The number of aromatic nitrogens is 6. The van der Waals surface area contributed by atoms with Gasteiger partial charge in [-0.1, -0.05) is 273 Å². The number of halogens is 5. The average molecular weight is 1230 g/mol. The molecule has 0 atom stereocenters. The zero-order valence-electron chi connectivity index (χ0n) is 42.3. The second kappa shape index (κ2) is 26.3. The molecule has 2 heterocycles. The van der Waals surface area contributed by atoms with Crippen molar-refractivity contribution < 1.29 is 10.0 Å². The zero-order valence-corrected chi connectivity index (χ0v) is 47.7. The summed E-state index contributed by atoms with van der Waals surface area (Å²) in [6.07, 6.45) is 0. The van der Waals surface area contributed by atoms with E-state index in [1.54, 1.807) is 12.1 Å². The Hall–Kier alpha value is -7.97. The smallest absolute Gasteiger partial charge is 0.423 e. The lowest BCUT2D eigenvalue weighted by molar-refractivity contribution is 0.425. The molecule has 80 heavy (non-hydrogen) atoms. The van der Waals surface area contributed by atoms with E-state index in [1.807, 2.05) is 152 Å². The van der Waals surface area contributed by atoms with Gasteiger partial charge in [-0.2, -0.15) is 9.97 Å². The van der Waals surface area contributed by atoms with Gasteiger partial charge in [0.1, 0.15) is 0 Å². The molecule has 0 aliphatic carbocycles. The van der Waals surface area contributed by atoms with E-state index in [9.17, 15) is 0 Å². The molecule has 0 amide bonds. The maximum atomic E-state index is 8.75. The van der Waals surface area contributed by atoms with Crippen molar-refractivity contribution in [1.82, 2.24) is 29.9 Å². The van der Waals surface area contributed by atoms with Crippen LogP contribution in [0.3, 0.4) is 0 Å². The molecule has 0 radical (unpaired) electrons. The molecule has 0 aliphatic rings. The third-order valence-corrected chi connectivity index (χ3v) is 14.1. The normalized spacial score (nSPS) is 10.7. The van der Waals surface area contributed by atoms with Gasteiger partial charge >= 0.3 is 7.12 Å².